The van der Waals surface area contributed by atoms with Gasteiger partial charge in [-0.05, 0) is 24.3 Å². The largest absolute Gasteiger partial charge is 0.434 e. The first-order valence-electron chi connectivity index (χ1n) is 4.27. The highest BCUT2D eigenvalue weighted by Gasteiger charge is 2.06. The van der Waals surface area contributed by atoms with Crippen LogP contribution in [0.25, 0.3) is 0 Å². The summed E-state index contributed by atoms with van der Waals surface area (Å²) < 4.78 is 19.2. The van der Waals surface area contributed by atoms with Gasteiger partial charge in [0.1, 0.15) is 0 Å². The molecule has 0 radical (unpaired) electrons. The van der Waals surface area contributed by atoms with Gasteiger partial charge in [0.05, 0.1) is 0 Å². The number of nitrogens with zero attached hydrogens (tertiary/aromatic N) is 2. The van der Waals surface area contributed by atoms with Crippen molar-refractivity contribution in [3.8, 4) is 11.6 Å². The Morgan fingerprint density at radius 3 is 2.62 bits per heavy atom. The fourth-order valence-corrected chi connectivity index (χ4v) is 1.46. The van der Waals surface area contributed by atoms with E-state index in [0.29, 0.717) is 4.47 Å². The maximum absolute atomic E-state index is 13.4. The molecule has 0 spiro atoms. The number of rotatable bonds is 2. The summed E-state index contributed by atoms with van der Waals surface area (Å²) in [4.78, 5) is 0. The van der Waals surface area contributed by atoms with Crippen molar-refractivity contribution in [1.82, 2.24) is 10.2 Å². The summed E-state index contributed by atoms with van der Waals surface area (Å²) in [5, 5.41) is 7.49. The Balaban J connectivity index is 2.23. The summed E-state index contributed by atoms with van der Waals surface area (Å²) in [5.74, 6) is -0.212. The molecule has 1 aromatic carbocycles. The Morgan fingerprint density at radius 2 is 2.00 bits per heavy atom. The van der Waals surface area contributed by atoms with E-state index in [9.17, 15) is 4.39 Å². The third-order valence-electron chi connectivity index (χ3n) is 1.72. The Labute approximate surface area is 104 Å². The van der Waals surface area contributed by atoms with Crippen LogP contribution in [0.4, 0.5) is 4.39 Å². The van der Waals surface area contributed by atoms with E-state index in [4.69, 9.17) is 16.3 Å². The van der Waals surface area contributed by atoms with Gasteiger partial charge in [0.2, 0.25) is 5.88 Å². The predicted molar refractivity (Wildman–Crippen MR) is 61.2 cm³/mol. The fourth-order valence-electron chi connectivity index (χ4n) is 1.03. The molecule has 0 bridgehead atoms. The van der Waals surface area contributed by atoms with Crippen LogP contribution in [0.15, 0.2) is 34.8 Å². The van der Waals surface area contributed by atoms with Gasteiger partial charge in [-0.1, -0.05) is 27.5 Å². The molecule has 0 aliphatic heterocycles. The normalized spacial score (nSPS) is 10.2. The molecule has 0 unspecified atom stereocenters. The lowest BCUT2D eigenvalue weighted by atomic mass is 10.3. The molecule has 2 aromatic rings. The van der Waals surface area contributed by atoms with Gasteiger partial charge in [-0.3, -0.25) is 0 Å². The van der Waals surface area contributed by atoms with Gasteiger partial charge in [0.25, 0.3) is 0 Å². The van der Waals surface area contributed by atoms with E-state index in [1.165, 1.54) is 24.3 Å². The lowest BCUT2D eigenvalue weighted by Gasteiger charge is -2.04. The van der Waals surface area contributed by atoms with E-state index in [-0.39, 0.29) is 16.8 Å². The Morgan fingerprint density at radius 1 is 1.19 bits per heavy atom. The van der Waals surface area contributed by atoms with E-state index in [1.807, 2.05) is 0 Å². The second kappa shape index (κ2) is 4.76. The highest BCUT2D eigenvalue weighted by Crippen LogP contribution is 2.25. The molecule has 2 rings (SSSR count). The van der Waals surface area contributed by atoms with Crippen LogP contribution in [0, 0.1) is 5.82 Å². The standard InChI is InChI=1S/C10H5BrClFN2O/c11-6-1-2-8(7(13)5-6)16-10-4-3-9(12)14-15-10/h1-5H. The zero-order valence-electron chi connectivity index (χ0n) is 7.82. The molecule has 0 saturated heterocycles. The van der Waals surface area contributed by atoms with Crippen LogP contribution in [-0.2, 0) is 0 Å². The minimum atomic E-state index is -0.480. The highest BCUT2D eigenvalue weighted by atomic mass is 79.9. The van der Waals surface area contributed by atoms with Gasteiger partial charge in [-0.2, -0.15) is 0 Å². The number of benzene rings is 1. The SMILES string of the molecule is Fc1cc(Br)ccc1Oc1ccc(Cl)nn1. The molecule has 0 amide bonds. The van der Waals surface area contributed by atoms with Crippen molar-refractivity contribution in [2.75, 3.05) is 0 Å². The van der Waals surface area contributed by atoms with E-state index in [2.05, 4.69) is 26.1 Å². The number of ether oxygens (including phenoxy) is 1. The van der Waals surface area contributed by atoms with E-state index in [1.54, 1.807) is 6.07 Å². The van der Waals surface area contributed by atoms with Crippen molar-refractivity contribution in [2.45, 2.75) is 0 Å². The topological polar surface area (TPSA) is 35.0 Å². The number of aromatic nitrogens is 2. The molecule has 16 heavy (non-hydrogen) atoms. The summed E-state index contributed by atoms with van der Waals surface area (Å²) in [5.41, 5.74) is 0. The molecule has 0 aliphatic carbocycles. The molecule has 6 heteroatoms. The molecule has 82 valence electrons. The summed E-state index contributed by atoms with van der Waals surface area (Å²) in [6, 6.07) is 7.49. The summed E-state index contributed by atoms with van der Waals surface area (Å²) in [6.45, 7) is 0. The molecule has 0 aliphatic rings. The van der Waals surface area contributed by atoms with Crippen molar-refractivity contribution in [2.24, 2.45) is 0 Å². The molecule has 3 nitrogen and oxygen atoms in total. The second-order valence-corrected chi connectivity index (χ2v) is 4.17. The molecule has 0 atom stereocenters. The third-order valence-corrected chi connectivity index (χ3v) is 2.41. The summed E-state index contributed by atoms with van der Waals surface area (Å²) in [6.07, 6.45) is 0. The molecule has 1 heterocycles. The molecular formula is C10H5BrClFN2O. The van der Waals surface area contributed by atoms with Crippen LogP contribution in [0.5, 0.6) is 11.6 Å². The molecule has 1 aromatic heterocycles. The zero-order valence-corrected chi connectivity index (χ0v) is 10.2. The van der Waals surface area contributed by atoms with E-state index < -0.39 is 5.82 Å². The molecule has 0 fully saturated rings. The Bertz CT molecular complexity index is 507. The first-order chi connectivity index (χ1) is 7.65. The van der Waals surface area contributed by atoms with E-state index in [0.717, 1.165) is 0 Å². The molecular weight excluding hydrogens is 298 g/mol. The van der Waals surface area contributed by atoms with Gasteiger partial charge in [0.15, 0.2) is 16.7 Å². The van der Waals surface area contributed by atoms with Crippen molar-refractivity contribution in [3.63, 3.8) is 0 Å². The first-order valence-corrected chi connectivity index (χ1v) is 5.44. The van der Waals surface area contributed by atoms with Crippen LogP contribution >= 0.6 is 27.5 Å². The average Bonchev–Trinajstić information content (AvgIpc) is 2.25. The van der Waals surface area contributed by atoms with Gasteiger partial charge in [0, 0.05) is 10.5 Å². The lowest BCUT2D eigenvalue weighted by Crippen LogP contribution is -1.92. The van der Waals surface area contributed by atoms with Gasteiger partial charge >= 0.3 is 0 Å². The maximum atomic E-state index is 13.4. The lowest BCUT2D eigenvalue weighted by molar-refractivity contribution is 0.421. The van der Waals surface area contributed by atoms with Crippen molar-refractivity contribution < 1.29 is 9.13 Å². The third kappa shape index (κ3) is 2.68. The van der Waals surface area contributed by atoms with Crippen LogP contribution in [-0.4, -0.2) is 10.2 Å². The molecule has 0 N–H and O–H groups in total. The maximum Gasteiger partial charge on any atom is 0.239 e. The number of halogens is 3. The predicted octanol–water partition coefficient (Wildman–Crippen LogP) is 3.82. The smallest absolute Gasteiger partial charge is 0.239 e. The minimum Gasteiger partial charge on any atom is -0.434 e. The quantitative estimate of drug-likeness (QED) is 0.846. The number of hydrogen-bond acceptors (Lipinski definition) is 3. The highest BCUT2D eigenvalue weighted by molar-refractivity contribution is 9.10. The molecule has 0 saturated carbocycles. The van der Waals surface area contributed by atoms with Crippen LogP contribution in [0.3, 0.4) is 0 Å². The van der Waals surface area contributed by atoms with Crippen molar-refractivity contribution in [1.29, 1.82) is 0 Å². The van der Waals surface area contributed by atoms with Crippen molar-refractivity contribution in [3.05, 3.63) is 45.8 Å². The van der Waals surface area contributed by atoms with Crippen LogP contribution in [0.2, 0.25) is 5.15 Å². The summed E-state index contributed by atoms with van der Waals surface area (Å²) >= 11 is 8.71. The van der Waals surface area contributed by atoms with Crippen LogP contribution in [0.1, 0.15) is 0 Å². The Hall–Kier alpha value is -1.20. The average molecular weight is 304 g/mol. The zero-order chi connectivity index (χ0) is 11.5. The summed E-state index contributed by atoms with van der Waals surface area (Å²) in [7, 11) is 0. The van der Waals surface area contributed by atoms with E-state index >= 15 is 0 Å². The van der Waals surface area contributed by atoms with Crippen LogP contribution < -0.4 is 4.74 Å². The van der Waals surface area contributed by atoms with Crippen molar-refractivity contribution >= 4 is 27.5 Å². The second-order valence-electron chi connectivity index (χ2n) is 2.87. The minimum absolute atomic E-state index is 0.0832. The van der Waals surface area contributed by atoms with Gasteiger partial charge < -0.3 is 4.74 Å². The van der Waals surface area contributed by atoms with Gasteiger partial charge in [-0.25, -0.2) is 4.39 Å². The number of hydrogen-bond donors (Lipinski definition) is 0. The fraction of sp³-hybridized carbons (Fsp3) is 0. The monoisotopic (exact) mass is 302 g/mol. The Kier molecular flexibility index (Phi) is 3.36. The van der Waals surface area contributed by atoms with Gasteiger partial charge in [-0.15, -0.1) is 10.2 Å². The first kappa shape index (κ1) is 11.3.